The highest BCUT2D eigenvalue weighted by Gasteiger charge is 2.41. The molecule has 0 saturated heterocycles. The van der Waals surface area contributed by atoms with Crippen molar-refractivity contribution >= 4 is 18.0 Å². The van der Waals surface area contributed by atoms with Gasteiger partial charge in [-0.15, -0.1) is 0 Å². The lowest BCUT2D eigenvalue weighted by Crippen LogP contribution is -2.51. The molecular formula is C27H30N2O5. The third kappa shape index (κ3) is 4.52. The normalized spacial score (nSPS) is 21.3. The molecule has 0 unspecified atom stereocenters. The molecule has 5 rings (SSSR count). The average molecular weight is 463 g/mol. The smallest absolute Gasteiger partial charge is 0.407 e. The van der Waals surface area contributed by atoms with Gasteiger partial charge in [0.2, 0.25) is 5.91 Å². The Bertz CT molecular complexity index is 1050. The maximum Gasteiger partial charge on any atom is 0.407 e. The minimum absolute atomic E-state index is 0.0145. The van der Waals surface area contributed by atoms with Gasteiger partial charge in [-0.1, -0.05) is 61.4 Å². The number of alkyl carbamates (subject to hydrolysis) is 1. The van der Waals surface area contributed by atoms with Gasteiger partial charge in [-0.25, -0.2) is 4.79 Å². The number of amides is 2. The molecule has 178 valence electrons. The number of carboxylic acid groups (broad SMARTS) is 1. The zero-order valence-corrected chi connectivity index (χ0v) is 19.1. The number of benzene rings is 2. The first kappa shape index (κ1) is 22.4. The lowest BCUT2D eigenvalue weighted by Gasteiger charge is -2.34. The van der Waals surface area contributed by atoms with E-state index in [1.165, 1.54) is 16.0 Å². The van der Waals surface area contributed by atoms with Crippen LogP contribution in [0.3, 0.4) is 0 Å². The Kier molecular flexibility index (Phi) is 6.26. The summed E-state index contributed by atoms with van der Waals surface area (Å²) >= 11 is 0. The maximum absolute atomic E-state index is 13.2. The van der Waals surface area contributed by atoms with E-state index in [4.69, 9.17) is 4.74 Å². The molecule has 2 saturated carbocycles. The van der Waals surface area contributed by atoms with Gasteiger partial charge in [0.05, 0.1) is 5.92 Å². The Morgan fingerprint density at radius 1 is 0.912 bits per heavy atom. The van der Waals surface area contributed by atoms with Crippen LogP contribution in [0.25, 0.3) is 11.1 Å². The van der Waals surface area contributed by atoms with Gasteiger partial charge in [0, 0.05) is 18.0 Å². The molecule has 0 aliphatic heterocycles. The third-order valence-electron chi connectivity index (χ3n) is 7.31. The summed E-state index contributed by atoms with van der Waals surface area (Å²) in [7, 11) is 0. The molecule has 3 aliphatic carbocycles. The van der Waals surface area contributed by atoms with Gasteiger partial charge < -0.3 is 20.1 Å². The first-order valence-corrected chi connectivity index (χ1v) is 12.2. The van der Waals surface area contributed by atoms with Crippen molar-refractivity contribution in [1.29, 1.82) is 0 Å². The van der Waals surface area contributed by atoms with E-state index in [9.17, 15) is 19.5 Å². The van der Waals surface area contributed by atoms with Gasteiger partial charge in [0.25, 0.3) is 0 Å². The van der Waals surface area contributed by atoms with Gasteiger partial charge in [0.1, 0.15) is 13.2 Å². The molecule has 0 heterocycles. The van der Waals surface area contributed by atoms with E-state index in [0.717, 1.165) is 36.8 Å². The van der Waals surface area contributed by atoms with Crippen LogP contribution in [-0.2, 0) is 14.3 Å². The molecule has 7 heteroatoms. The second kappa shape index (κ2) is 9.49. The predicted octanol–water partition coefficient (Wildman–Crippen LogP) is 4.16. The molecule has 2 atom stereocenters. The predicted molar refractivity (Wildman–Crippen MR) is 126 cm³/mol. The lowest BCUT2D eigenvalue weighted by molar-refractivity contribution is -0.147. The number of carbonyl (C=O) groups is 3. The summed E-state index contributed by atoms with van der Waals surface area (Å²) in [5.41, 5.74) is 4.64. The highest BCUT2D eigenvalue weighted by molar-refractivity contribution is 5.85. The molecule has 34 heavy (non-hydrogen) atoms. The van der Waals surface area contributed by atoms with Crippen molar-refractivity contribution in [3.8, 4) is 11.1 Å². The second-order valence-electron chi connectivity index (χ2n) is 9.56. The van der Waals surface area contributed by atoms with E-state index in [-0.39, 0.29) is 37.1 Å². The van der Waals surface area contributed by atoms with Crippen molar-refractivity contribution < 1.29 is 24.2 Å². The Balaban J connectivity index is 1.24. The fraction of sp³-hybridized carbons (Fsp3) is 0.444. The molecular weight excluding hydrogens is 432 g/mol. The SMILES string of the molecule is O=C(O)CN(C(=O)[C@H]1CCCC[C@H]1NC(=O)OCC1c2ccccc2-c2ccccc21)C1CC1. The van der Waals surface area contributed by atoms with Crippen molar-refractivity contribution in [1.82, 2.24) is 10.2 Å². The van der Waals surface area contributed by atoms with E-state index >= 15 is 0 Å². The van der Waals surface area contributed by atoms with Gasteiger partial charge >= 0.3 is 12.1 Å². The standard InChI is InChI=1S/C27H30N2O5/c30-25(31)15-29(17-13-14-17)26(32)22-11-5-6-12-24(22)28-27(33)34-16-23-20-9-3-1-7-18(20)19-8-2-4-10-21(19)23/h1-4,7-10,17,22-24H,5-6,11-16H2,(H,28,33)(H,30,31)/t22-,24+/m0/s1. The second-order valence-corrected chi connectivity index (χ2v) is 9.56. The van der Waals surface area contributed by atoms with Gasteiger partial charge in [-0.05, 0) is 47.9 Å². The maximum atomic E-state index is 13.2. The third-order valence-corrected chi connectivity index (χ3v) is 7.31. The molecule has 7 nitrogen and oxygen atoms in total. The summed E-state index contributed by atoms with van der Waals surface area (Å²) in [5.74, 6) is -1.59. The topological polar surface area (TPSA) is 95.9 Å². The minimum Gasteiger partial charge on any atom is -0.480 e. The molecule has 0 radical (unpaired) electrons. The Labute approximate surface area is 199 Å². The highest BCUT2D eigenvalue weighted by Crippen LogP contribution is 2.44. The molecule has 2 fully saturated rings. The van der Waals surface area contributed by atoms with Gasteiger partial charge in [0.15, 0.2) is 0 Å². The number of aliphatic carboxylic acids is 1. The van der Waals surface area contributed by atoms with Crippen LogP contribution in [0.1, 0.15) is 55.6 Å². The largest absolute Gasteiger partial charge is 0.480 e. The fourth-order valence-electron chi connectivity index (χ4n) is 5.52. The van der Waals surface area contributed by atoms with Crippen LogP contribution in [0.5, 0.6) is 0 Å². The van der Waals surface area contributed by atoms with Gasteiger partial charge in [-0.3, -0.25) is 9.59 Å². The number of ether oxygens (including phenoxy) is 1. The summed E-state index contributed by atoms with van der Waals surface area (Å²) in [5, 5.41) is 12.2. The fourth-order valence-corrected chi connectivity index (χ4v) is 5.52. The number of hydrogen-bond donors (Lipinski definition) is 2. The molecule has 2 aromatic rings. The van der Waals surface area contributed by atoms with Crippen molar-refractivity contribution in [3.05, 3.63) is 59.7 Å². The number of fused-ring (bicyclic) bond motifs is 3. The Hall–Kier alpha value is -3.35. The molecule has 3 aliphatic rings. The van der Waals surface area contributed by atoms with Gasteiger partial charge in [-0.2, -0.15) is 0 Å². The molecule has 2 N–H and O–H groups in total. The van der Waals surface area contributed by atoms with E-state index in [2.05, 4.69) is 29.6 Å². The Morgan fingerprint density at radius 3 is 2.15 bits per heavy atom. The summed E-state index contributed by atoms with van der Waals surface area (Å²) in [4.78, 5) is 38.8. The van der Waals surface area contributed by atoms with Crippen LogP contribution in [-0.4, -0.2) is 53.2 Å². The Morgan fingerprint density at radius 2 is 1.53 bits per heavy atom. The van der Waals surface area contributed by atoms with Crippen LogP contribution in [0.4, 0.5) is 4.79 Å². The van der Waals surface area contributed by atoms with Crippen molar-refractivity contribution in [2.75, 3.05) is 13.2 Å². The quantitative estimate of drug-likeness (QED) is 0.644. The van der Waals surface area contributed by atoms with E-state index < -0.39 is 18.0 Å². The van der Waals surface area contributed by atoms with Crippen molar-refractivity contribution in [2.24, 2.45) is 5.92 Å². The lowest BCUT2D eigenvalue weighted by atomic mass is 9.83. The number of carboxylic acids is 1. The van der Waals surface area contributed by atoms with Crippen LogP contribution < -0.4 is 5.32 Å². The van der Waals surface area contributed by atoms with Crippen LogP contribution >= 0.6 is 0 Å². The van der Waals surface area contributed by atoms with E-state index in [1.54, 1.807) is 0 Å². The molecule has 2 amide bonds. The first-order valence-electron chi connectivity index (χ1n) is 12.2. The van der Waals surface area contributed by atoms with Crippen molar-refractivity contribution in [2.45, 2.75) is 56.5 Å². The zero-order valence-electron chi connectivity index (χ0n) is 19.1. The number of rotatable bonds is 7. The minimum atomic E-state index is -1.00. The summed E-state index contributed by atoms with van der Waals surface area (Å²) < 4.78 is 5.69. The molecule has 0 spiro atoms. The average Bonchev–Trinajstić information content (AvgIpc) is 3.64. The summed E-state index contributed by atoms with van der Waals surface area (Å²) in [6, 6.07) is 16.0. The molecule has 0 bridgehead atoms. The van der Waals surface area contributed by atoms with E-state index in [0.29, 0.717) is 12.8 Å². The first-order chi connectivity index (χ1) is 16.5. The summed E-state index contributed by atoms with van der Waals surface area (Å²) in [6.45, 7) is -0.0595. The van der Waals surface area contributed by atoms with Crippen LogP contribution in [0.15, 0.2) is 48.5 Å². The van der Waals surface area contributed by atoms with Crippen LogP contribution in [0.2, 0.25) is 0 Å². The van der Waals surface area contributed by atoms with E-state index in [1.807, 2.05) is 24.3 Å². The number of nitrogens with one attached hydrogen (secondary N) is 1. The summed E-state index contributed by atoms with van der Waals surface area (Å²) in [6.07, 6.45) is 4.31. The molecule has 2 aromatic carbocycles. The van der Waals surface area contributed by atoms with Crippen molar-refractivity contribution in [3.63, 3.8) is 0 Å². The number of carbonyl (C=O) groups excluding carboxylic acids is 2. The number of hydrogen-bond acceptors (Lipinski definition) is 4. The zero-order chi connectivity index (χ0) is 23.7. The molecule has 0 aromatic heterocycles. The number of nitrogens with zero attached hydrogens (tertiary/aromatic N) is 1. The highest BCUT2D eigenvalue weighted by atomic mass is 16.5. The van der Waals surface area contributed by atoms with Crippen LogP contribution in [0, 0.1) is 5.92 Å². The monoisotopic (exact) mass is 462 g/mol.